The SMILES string of the molecule is C[C@H](CO)N1Cc2ccc(NC(=O)C=C3CC(C)(C)Oc4cc(C(F)(F)F)ccc43)cc2NC1=O. The number of halogens is 3. The second-order valence-corrected chi connectivity index (χ2v) is 9.37. The third-order valence-electron chi connectivity index (χ3n) is 5.98. The average Bonchev–Trinajstić information content (AvgIpc) is 2.76. The summed E-state index contributed by atoms with van der Waals surface area (Å²) in [5.41, 5.74) is 1.22. The smallest absolute Gasteiger partial charge is 0.416 e. The van der Waals surface area contributed by atoms with E-state index in [1.54, 1.807) is 39.0 Å². The Morgan fingerprint density at radius 1 is 1.29 bits per heavy atom. The molecule has 2 aromatic carbocycles. The number of nitrogens with one attached hydrogen (secondary N) is 2. The van der Waals surface area contributed by atoms with Gasteiger partial charge in [-0.2, -0.15) is 13.2 Å². The predicted molar refractivity (Wildman–Crippen MR) is 125 cm³/mol. The predicted octanol–water partition coefficient (Wildman–Crippen LogP) is 5.02. The zero-order chi connectivity index (χ0) is 25.5. The first kappa shape index (κ1) is 24.6. The maximum absolute atomic E-state index is 13.1. The van der Waals surface area contributed by atoms with E-state index in [1.165, 1.54) is 17.0 Å². The van der Waals surface area contributed by atoms with Gasteiger partial charge in [0.15, 0.2) is 0 Å². The Labute approximate surface area is 200 Å². The minimum atomic E-state index is -4.50. The summed E-state index contributed by atoms with van der Waals surface area (Å²) in [5.74, 6) is -0.380. The van der Waals surface area contributed by atoms with Gasteiger partial charge in [-0.1, -0.05) is 12.1 Å². The molecule has 1 atom stereocenters. The summed E-state index contributed by atoms with van der Waals surface area (Å²) in [6.07, 6.45) is -2.81. The molecule has 2 aromatic rings. The molecule has 3 amide bonds. The maximum Gasteiger partial charge on any atom is 0.416 e. The summed E-state index contributed by atoms with van der Waals surface area (Å²) < 4.78 is 45.2. The summed E-state index contributed by atoms with van der Waals surface area (Å²) >= 11 is 0. The number of benzene rings is 2. The third-order valence-corrected chi connectivity index (χ3v) is 5.98. The van der Waals surface area contributed by atoms with Crippen LogP contribution < -0.4 is 15.4 Å². The maximum atomic E-state index is 13.1. The lowest BCUT2D eigenvalue weighted by molar-refractivity contribution is -0.137. The second-order valence-electron chi connectivity index (χ2n) is 9.37. The molecule has 35 heavy (non-hydrogen) atoms. The zero-order valence-corrected chi connectivity index (χ0v) is 19.5. The highest BCUT2D eigenvalue weighted by Crippen LogP contribution is 2.43. The Morgan fingerprint density at radius 2 is 2.03 bits per heavy atom. The molecular formula is C25H26F3N3O4. The molecule has 0 fully saturated rings. The summed E-state index contributed by atoms with van der Waals surface area (Å²) in [4.78, 5) is 26.7. The van der Waals surface area contributed by atoms with Crippen LogP contribution in [0.5, 0.6) is 5.75 Å². The molecular weight excluding hydrogens is 463 g/mol. The molecule has 4 rings (SSSR count). The lowest BCUT2D eigenvalue weighted by atomic mass is 9.88. The van der Waals surface area contributed by atoms with E-state index in [2.05, 4.69) is 10.6 Å². The molecule has 0 aromatic heterocycles. The van der Waals surface area contributed by atoms with Gasteiger partial charge >= 0.3 is 12.2 Å². The zero-order valence-electron chi connectivity index (χ0n) is 19.5. The number of carbonyl (C=O) groups is 2. The van der Waals surface area contributed by atoms with Crippen molar-refractivity contribution in [2.24, 2.45) is 0 Å². The lowest BCUT2D eigenvalue weighted by Gasteiger charge is -2.34. The van der Waals surface area contributed by atoms with Gasteiger partial charge in [-0.3, -0.25) is 4.79 Å². The molecule has 0 saturated carbocycles. The number of ether oxygens (including phenoxy) is 1. The number of aliphatic hydroxyl groups excluding tert-OH is 1. The average molecular weight is 489 g/mol. The number of aliphatic hydroxyl groups is 1. The molecule has 0 bridgehead atoms. The van der Waals surface area contributed by atoms with Crippen LogP contribution in [-0.2, 0) is 17.5 Å². The van der Waals surface area contributed by atoms with Gasteiger partial charge in [-0.15, -0.1) is 0 Å². The van der Waals surface area contributed by atoms with E-state index in [1.807, 2.05) is 0 Å². The Morgan fingerprint density at radius 3 is 2.71 bits per heavy atom. The minimum absolute atomic E-state index is 0.0771. The first-order valence-electron chi connectivity index (χ1n) is 11.1. The van der Waals surface area contributed by atoms with Gasteiger partial charge in [0.05, 0.1) is 18.2 Å². The summed E-state index contributed by atoms with van der Waals surface area (Å²) in [6.45, 7) is 5.40. The molecule has 10 heteroatoms. The number of hydrogen-bond acceptors (Lipinski definition) is 4. The Hall–Kier alpha value is -3.53. The molecule has 0 spiro atoms. The van der Waals surface area contributed by atoms with Crippen molar-refractivity contribution in [2.75, 3.05) is 17.2 Å². The van der Waals surface area contributed by atoms with E-state index in [9.17, 15) is 27.9 Å². The van der Waals surface area contributed by atoms with Gasteiger partial charge in [0.1, 0.15) is 11.4 Å². The number of alkyl halides is 3. The topological polar surface area (TPSA) is 90.9 Å². The first-order valence-corrected chi connectivity index (χ1v) is 11.1. The van der Waals surface area contributed by atoms with Crippen LogP contribution in [-0.4, -0.2) is 40.2 Å². The highest BCUT2D eigenvalue weighted by Gasteiger charge is 2.35. The van der Waals surface area contributed by atoms with Crippen molar-refractivity contribution in [2.45, 2.75) is 51.6 Å². The summed E-state index contributed by atoms with van der Waals surface area (Å²) in [6, 6.07) is 7.68. The Kier molecular flexibility index (Phi) is 6.27. The number of anilines is 2. The number of urea groups is 1. The van der Waals surface area contributed by atoms with Crippen molar-refractivity contribution in [1.29, 1.82) is 0 Å². The van der Waals surface area contributed by atoms with Gasteiger partial charge in [0.2, 0.25) is 5.91 Å². The van der Waals surface area contributed by atoms with E-state index >= 15 is 0 Å². The van der Waals surface area contributed by atoms with Crippen LogP contribution in [0.1, 0.15) is 43.9 Å². The normalized spacial score (nSPS) is 18.8. The van der Waals surface area contributed by atoms with E-state index in [0.29, 0.717) is 35.5 Å². The fraction of sp³-hybridized carbons (Fsp3) is 0.360. The molecule has 7 nitrogen and oxygen atoms in total. The van der Waals surface area contributed by atoms with Crippen LogP contribution in [0, 0.1) is 0 Å². The van der Waals surface area contributed by atoms with Crippen molar-refractivity contribution < 1.29 is 32.6 Å². The molecule has 2 aliphatic rings. The van der Waals surface area contributed by atoms with E-state index in [4.69, 9.17) is 4.74 Å². The van der Waals surface area contributed by atoms with Crippen LogP contribution in [0.25, 0.3) is 5.57 Å². The number of nitrogens with zero attached hydrogens (tertiary/aromatic N) is 1. The number of hydrogen-bond donors (Lipinski definition) is 3. The van der Waals surface area contributed by atoms with Gasteiger partial charge < -0.3 is 25.4 Å². The molecule has 0 aliphatic carbocycles. The molecule has 0 radical (unpaired) electrons. The number of rotatable bonds is 4. The molecule has 0 saturated heterocycles. The van der Waals surface area contributed by atoms with Crippen molar-refractivity contribution in [3.8, 4) is 5.75 Å². The third kappa shape index (κ3) is 5.27. The molecule has 0 unspecified atom stereocenters. The Bertz CT molecular complexity index is 1210. The molecule has 186 valence electrons. The van der Waals surface area contributed by atoms with Gasteiger partial charge in [0, 0.05) is 36.0 Å². The van der Waals surface area contributed by atoms with Crippen molar-refractivity contribution in [1.82, 2.24) is 4.90 Å². The largest absolute Gasteiger partial charge is 0.487 e. The monoisotopic (exact) mass is 489 g/mol. The molecule has 2 heterocycles. The minimum Gasteiger partial charge on any atom is -0.487 e. The number of carbonyl (C=O) groups excluding carboxylic acids is 2. The Balaban J connectivity index is 1.56. The van der Waals surface area contributed by atoms with E-state index in [0.717, 1.165) is 17.7 Å². The number of fused-ring (bicyclic) bond motifs is 2. The van der Waals surface area contributed by atoms with Gasteiger partial charge in [-0.25, -0.2) is 4.79 Å². The summed E-state index contributed by atoms with van der Waals surface area (Å²) in [5, 5.41) is 14.9. The van der Waals surface area contributed by atoms with Crippen LogP contribution >= 0.6 is 0 Å². The lowest BCUT2D eigenvalue weighted by Crippen LogP contribution is -2.45. The second kappa shape index (κ2) is 8.92. The van der Waals surface area contributed by atoms with Crippen LogP contribution in [0.4, 0.5) is 29.3 Å². The standard InChI is InChI=1S/C25H26F3N3O4/c1-14(13-32)31-12-15-4-6-18(10-20(15)30-23(31)34)29-22(33)8-16-11-24(2,3)35-21-9-17(25(26,27)28)5-7-19(16)21/h4-10,14,32H,11-13H2,1-3H3,(H,29,33)(H,30,34)/t14-/m1/s1. The fourth-order valence-electron chi connectivity index (χ4n) is 4.21. The molecule has 3 N–H and O–H groups in total. The van der Waals surface area contributed by atoms with Crippen molar-refractivity contribution >= 4 is 28.9 Å². The van der Waals surface area contributed by atoms with Gasteiger partial charge in [0.25, 0.3) is 0 Å². The van der Waals surface area contributed by atoms with Crippen molar-refractivity contribution in [3.63, 3.8) is 0 Å². The van der Waals surface area contributed by atoms with Crippen LogP contribution in [0.3, 0.4) is 0 Å². The van der Waals surface area contributed by atoms with Crippen LogP contribution in [0.2, 0.25) is 0 Å². The van der Waals surface area contributed by atoms with Gasteiger partial charge in [-0.05, 0) is 56.2 Å². The van der Waals surface area contributed by atoms with Crippen LogP contribution in [0.15, 0.2) is 42.5 Å². The highest BCUT2D eigenvalue weighted by atomic mass is 19.4. The highest BCUT2D eigenvalue weighted by molar-refractivity contribution is 6.05. The fourth-order valence-corrected chi connectivity index (χ4v) is 4.21. The van der Waals surface area contributed by atoms with Crippen molar-refractivity contribution in [3.05, 3.63) is 59.2 Å². The summed E-state index contributed by atoms with van der Waals surface area (Å²) in [7, 11) is 0. The van der Waals surface area contributed by atoms with E-state index < -0.39 is 23.2 Å². The molecule has 2 aliphatic heterocycles. The first-order chi connectivity index (χ1) is 16.4. The quantitative estimate of drug-likeness (QED) is 0.527. The van der Waals surface area contributed by atoms with E-state index in [-0.39, 0.29) is 24.4 Å². The number of amides is 3.